The Morgan fingerprint density at radius 1 is 1.24 bits per heavy atom. The molecule has 0 saturated carbocycles. The molecule has 1 aromatic carbocycles. The van der Waals surface area contributed by atoms with Crippen LogP contribution >= 0.6 is 11.8 Å². The van der Waals surface area contributed by atoms with Gasteiger partial charge in [-0.25, -0.2) is 0 Å². The Balaban J connectivity index is 2.25. The van der Waals surface area contributed by atoms with Gasteiger partial charge in [-0.05, 0) is 48.9 Å². The first-order chi connectivity index (χ1) is 12.0. The van der Waals surface area contributed by atoms with Crippen LogP contribution in [-0.4, -0.2) is 41.7 Å². The molecule has 25 heavy (non-hydrogen) atoms. The second kappa shape index (κ2) is 8.57. The summed E-state index contributed by atoms with van der Waals surface area (Å²) in [5, 5.41) is -0.511. The highest BCUT2D eigenvalue weighted by Crippen LogP contribution is 2.34. The van der Waals surface area contributed by atoms with Crippen molar-refractivity contribution in [2.45, 2.75) is 20.3 Å². The number of hydrogen-bond donors (Lipinski definition) is 1. The van der Waals surface area contributed by atoms with Gasteiger partial charge in [0.1, 0.15) is 6.54 Å². The molecule has 1 saturated heterocycles. The molecule has 0 bridgehead atoms. The van der Waals surface area contributed by atoms with Gasteiger partial charge in [-0.15, -0.1) is 0 Å². The smallest absolute Gasteiger partial charge is 0.294 e. The summed E-state index contributed by atoms with van der Waals surface area (Å²) in [6.07, 6.45) is 2.46. The molecule has 2 rings (SSSR count). The van der Waals surface area contributed by atoms with Crippen LogP contribution in [-0.2, 0) is 9.59 Å². The number of rotatable bonds is 8. The Labute approximate surface area is 150 Å². The number of hydrogen-bond acceptors (Lipinski definition) is 6. The van der Waals surface area contributed by atoms with Gasteiger partial charge in [0.2, 0.25) is 5.91 Å². The Hall–Kier alpha value is -2.48. The fourth-order valence-corrected chi connectivity index (χ4v) is 3.00. The SMILES string of the molecule is CCCOc1ccc(/C=C2\SC(=O)N(CC(N)=O)C2=O)cc1OCC. The van der Waals surface area contributed by atoms with Crippen molar-refractivity contribution in [2.75, 3.05) is 19.8 Å². The Kier molecular flexibility index (Phi) is 6.46. The minimum absolute atomic E-state index is 0.232. The van der Waals surface area contributed by atoms with Crippen molar-refractivity contribution in [3.05, 3.63) is 28.7 Å². The Morgan fingerprint density at radius 2 is 2.00 bits per heavy atom. The number of benzene rings is 1. The first kappa shape index (κ1) is 18.9. The summed E-state index contributed by atoms with van der Waals surface area (Å²) in [5.41, 5.74) is 5.75. The van der Waals surface area contributed by atoms with Crippen LogP contribution in [0.1, 0.15) is 25.8 Å². The zero-order chi connectivity index (χ0) is 18.4. The van der Waals surface area contributed by atoms with E-state index >= 15 is 0 Å². The van der Waals surface area contributed by atoms with Crippen LogP contribution in [0.4, 0.5) is 4.79 Å². The van der Waals surface area contributed by atoms with E-state index in [4.69, 9.17) is 15.2 Å². The average molecular weight is 364 g/mol. The first-order valence-corrected chi connectivity index (χ1v) is 8.71. The highest BCUT2D eigenvalue weighted by atomic mass is 32.2. The molecule has 1 fully saturated rings. The summed E-state index contributed by atoms with van der Waals surface area (Å²) in [5.74, 6) is -0.0681. The van der Waals surface area contributed by atoms with Crippen molar-refractivity contribution in [3.63, 3.8) is 0 Å². The Morgan fingerprint density at radius 3 is 2.64 bits per heavy atom. The predicted molar refractivity (Wildman–Crippen MR) is 95.3 cm³/mol. The van der Waals surface area contributed by atoms with Gasteiger partial charge in [0.15, 0.2) is 11.5 Å². The number of nitrogens with two attached hydrogens (primary N) is 1. The third-order valence-corrected chi connectivity index (χ3v) is 4.12. The summed E-state index contributed by atoms with van der Waals surface area (Å²) in [6.45, 7) is 4.50. The molecule has 0 unspecified atom stereocenters. The van der Waals surface area contributed by atoms with Crippen LogP contribution < -0.4 is 15.2 Å². The van der Waals surface area contributed by atoms with Crippen LogP contribution in [0.15, 0.2) is 23.1 Å². The van der Waals surface area contributed by atoms with E-state index in [9.17, 15) is 14.4 Å². The molecule has 0 aromatic heterocycles. The van der Waals surface area contributed by atoms with Crippen LogP contribution in [0.5, 0.6) is 11.5 Å². The lowest BCUT2D eigenvalue weighted by molar-refractivity contribution is -0.127. The van der Waals surface area contributed by atoms with E-state index < -0.39 is 23.6 Å². The zero-order valence-electron chi connectivity index (χ0n) is 14.1. The van der Waals surface area contributed by atoms with Crippen molar-refractivity contribution >= 4 is 34.9 Å². The van der Waals surface area contributed by atoms with Gasteiger partial charge >= 0.3 is 0 Å². The summed E-state index contributed by atoms with van der Waals surface area (Å²) in [6, 6.07) is 5.28. The quantitative estimate of drug-likeness (QED) is 0.711. The Bertz CT molecular complexity index is 717. The van der Waals surface area contributed by atoms with E-state index in [1.807, 2.05) is 13.8 Å². The van der Waals surface area contributed by atoms with Crippen molar-refractivity contribution in [1.29, 1.82) is 0 Å². The maximum atomic E-state index is 12.2. The number of ether oxygens (including phenoxy) is 2. The van der Waals surface area contributed by atoms with Gasteiger partial charge in [-0.1, -0.05) is 13.0 Å². The minimum atomic E-state index is -0.736. The third kappa shape index (κ3) is 4.76. The largest absolute Gasteiger partial charge is 0.490 e. The van der Waals surface area contributed by atoms with E-state index in [0.717, 1.165) is 23.1 Å². The van der Waals surface area contributed by atoms with E-state index in [-0.39, 0.29) is 4.91 Å². The van der Waals surface area contributed by atoms with Gasteiger partial charge in [0, 0.05) is 0 Å². The summed E-state index contributed by atoms with van der Waals surface area (Å²) >= 11 is 0.775. The van der Waals surface area contributed by atoms with Crippen molar-refractivity contribution in [2.24, 2.45) is 5.73 Å². The van der Waals surface area contributed by atoms with Crippen LogP contribution in [0.2, 0.25) is 0 Å². The molecular weight excluding hydrogens is 344 g/mol. The molecule has 8 heteroatoms. The topological polar surface area (TPSA) is 98.9 Å². The standard InChI is InChI=1S/C17H20N2O5S/c1-3-7-24-12-6-5-11(8-13(12)23-4-2)9-14-16(21)19(10-15(18)20)17(22)25-14/h5-6,8-9H,3-4,7,10H2,1-2H3,(H2,18,20)/b14-9-. The van der Waals surface area contributed by atoms with Gasteiger partial charge in [0.05, 0.1) is 18.1 Å². The molecule has 0 atom stereocenters. The fourth-order valence-electron chi connectivity index (χ4n) is 2.16. The molecule has 1 aliphatic heterocycles. The third-order valence-electron chi connectivity index (χ3n) is 3.21. The second-order valence-electron chi connectivity index (χ2n) is 5.22. The number of thioether (sulfide) groups is 1. The molecule has 2 N–H and O–H groups in total. The molecule has 0 aliphatic carbocycles. The fraction of sp³-hybridized carbons (Fsp3) is 0.353. The van der Waals surface area contributed by atoms with E-state index in [2.05, 4.69) is 0 Å². The molecule has 1 heterocycles. The summed E-state index contributed by atoms with van der Waals surface area (Å²) in [7, 11) is 0. The molecule has 0 radical (unpaired) electrons. The molecule has 0 spiro atoms. The van der Waals surface area contributed by atoms with Gasteiger partial charge in [0.25, 0.3) is 11.1 Å². The average Bonchev–Trinajstić information content (AvgIpc) is 2.81. The summed E-state index contributed by atoms with van der Waals surface area (Å²) in [4.78, 5) is 36.1. The lowest BCUT2D eigenvalue weighted by Gasteiger charge is -2.12. The maximum absolute atomic E-state index is 12.2. The lowest BCUT2D eigenvalue weighted by Crippen LogP contribution is -2.36. The first-order valence-electron chi connectivity index (χ1n) is 7.89. The monoisotopic (exact) mass is 364 g/mol. The van der Waals surface area contributed by atoms with E-state index in [0.29, 0.717) is 30.3 Å². The molecule has 3 amide bonds. The van der Waals surface area contributed by atoms with Gasteiger partial charge in [-0.2, -0.15) is 0 Å². The number of amides is 3. The van der Waals surface area contributed by atoms with Crippen LogP contribution in [0.25, 0.3) is 6.08 Å². The van der Waals surface area contributed by atoms with Crippen LogP contribution in [0.3, 0.4) is 0 Å². The number of imide groups is 1. The van der Waals surface area contributed by atoms with Crippen molar-refractivity contribution in [3.8, 4) is 11.5 Å². The van der Waals surface area contributed by atoms with Crippen molar-refractivity contribution < 1.29 is 23.9 Å². The van der Waals surface area contributed by atoms with Gasteiger partial charge in [-0.3, -0.25) is 19.3 Å². The zero-order valence-corrected chi connectivity index (χ0v) is 14.9. The molecule has 134 valence electrons. The summed E-state index contributed by atoms with van der Waals surface area (Å²) < 4.78 is 11.2. The molecule has 1 aliphatic rings. The van der Waals surface area contributed by atoms with Crippen LogP contribution in [0, 0.1) is 0 Å². The molecule has 1 aromatic rings. The number of carbonyl (C=O) groups excluding carboxylic acids is 3. The number of primary amides is 1. The maximum Gasteiger partial charge on any atom is 0.294 e. The van der Waals surface area contributed by atoms with Gasteiger partial charge < -0.3 is 15.2 Å². The second-order valence-corrected chi connectivity index (χ2v) is 6.22. The van der Waals surface area contributed by atoms with E-state index in [1.54, 1.807) is 24.3 Å². The minimum Gasteiger partial charge on any atom is -0.490 e. The lowest BCUT2D eigenvalue weighted by atomic mass is 10.2. The highest BCUT2D eigenvalue weighted by Gasteiger charge is 2.35. The molecule has 7 nitrogen and oxygen atoms in total. The highest BCUT2D eigenvalue weighted by molar-refractivity contribution is 8.18. The number of nitrogens with zero attached hydrogens (tertiary/aromatic N) is 1. The number of carbonyl (C=O) groups is 3. The normalized spacial score (nSPS) is 15.8. The van der Waals surface area contributed by atoms with E-state index in [1.165, 1.54) is 0 Å². The van der Waals surface area contributed by atoms with Crippen molar-refractivity contribution in [1.82, 2.24) is 4.90 Å². The predicted octanol–water partition coefficient (Wildman–Crippen LogP) is 2.40. The molecular formula is C17H20N2O5S.